The summed E-state index contributed by atoms with van der Waals surface area (Å²) in [6, 6.07) is 0. The summed E-state index contributed by atoms with van der Waals surface area (Å²) in [5.41, 5.74) is 7.11. The Morgan fingerprint density at radius 1 is 1.54 bits per heavy atom. The minimum atomic E-state index is 0.156. The number of ketones is 1. The molecule has 1 fully saturated rings. The molecule has 2 N–H and O–H groups in total. The van der Waals surface area contributed by atoms with E-state index in [9.17, 15) is 4.79 Å². The van der Waals surface area contributed by atoms with Crippen LogP contribution in [0.3, 0.4) is 0 Å². The van der Waals surface area contributed by atoms with E-state index in [0.717, 1.165) is 30.4 Å². The van der Waals surface area contributed by atoms with Crippen molar-refractivity contribution in [1.29, 1.82) is 0 Å². The molecule has 0 amide bonds. The fourth-order valence-corrected chi connectivity index (χ4v) is 2.00. The smallest absolute Gasteiger partial charge is 0.186 e. The number of hydrogen-bond acceptors (Lipinski definition) is 2. The minimum Gasteiger partial charge on any atom is -0.404 e. The lowest BCUT2D eigenvalue weighted by Crippen LogP contribution is -2.23. The van der Waals surface area contributed by atoms with Crippen molar-refractivity contribution in [2.24, 2.45) is 11.7 Å². The molecule has 13 heavy (non-hydrogen) atoms. The summed E-state index contributed by atoms with van der Waals surface area (Å²) in [5, 5.41) is 0. The third-order valence-corrected chi connectivity index (χ3v) is 2.79. The second kappa shape index (κ2) is 3.21. The van der Waals surface area contributed by atoms with Crippen molar-refractivity contribution in [3.05, 3.63) is 35.6 Å². The maximum Gasteiger partial charge on any atom is 0.186 e. The summed E-state index contributed by atoms with van der Waals surface area (Å²) in [4.78, 5) is 11.7. The highest BCUT2D eigenvalue weighted by Gasteiger charge is 2.28. The molecule has 2 aliphatic carbocycles. The number of hydrogen-bond donors (Lipinski definition) is 1. The van der Waals surface area contributed by atoms with E-state index < -0.39 is 0 Å². The predicted octanol–water partition coefficient (Wildman–Crippen LogP) is 1.69. The monoisotopic (exact) mass is 175 g/mol. The summed E-state index contributed by atoms with van der Waals surface area (Å²) in [6.45, 7) is 0. The van der Waals surface area contributed by atoms with Crippen molar-refractivity contribution < 1.29 is 4.79 Å². The summed E-state index contributed by atoms with van der Waals surface area (Å²) in [6.07, 6.45) is 10.4. The highest BCUT2D eigenvalue weighted by Crippen LogP contribution is 2.34. The molecule has 2 nitrogen and oxygen atoms in total. The van der Waals surface area contributed by atoms with E-state index >= 15 is 0 Å². The van der Waals surface area contributed by atoms with Crippen LogP contribution in [0.25, 0.3) is 0 Å². The number of Topliss-reactive ketones (excluding diaryl/α,β-unsaturated/α-hetero) is 1. The molecule has 0 heterocycles. The number of carbonyl (C=O) groups excluding carboxylic acids is 1. The van der Waals surface area contributed by atoms with Crippen LogP contribution in [0.2, 0.25) is 0 Å². The Morgan fingerprint density at radius 2 is 2.38 bits per heavy atom. The molecule has 0 bridgehead atoms. The van der Waals surface area contributed by atoms with Gasteiger partial charge in [0.15, 0.2) is 5.78 Å². The van der Waals surface area contributed by atoms with E-state index in [1.54, 1.807) is 0 Å². The van der Waals surface area contributed by atoms with Gasteiger partial charge < -0.3 is 5.73 Å². The Bertz CT molecular complexity index is 323. The first-order valence-corrected chi connectivity index (χ1v) is 4.65. The molecular weight excluding hydrogens is 162 g/mol. The fourth-order valence-electron chi connectivity index (χ4n) is 2.00. The Kier molecular flexibility index (Phi) is 2.05. The van der Waals surface area contributed by atoms with Crippen molar-refractivity contribution in [3.8, 4) is 0 Å². The lowest BCUT2D eigenvalue weighted by Gasteiger charge is -2.26. The SMILES string of the molecule is NC=C1CCC2CC=CC=C2C1=O. The first-order chi connectivity index (χ1) is 6.33. The van der Waals surface area contributed by atoms with Crippen molar-refractivity contribution in [2.45, 2.75) is 19.3 Å². The molecular formula is C11H13NO. The van der Waals surface area contributed by atoms with Gasteiger partial charge in [0.05, 0.1) is 0 Å². The molecule has 0 aromatic heterocycles. The zero-order valence-corrected chi connectivity index (χ0v) is 7.49. The Labute approximate surface area is 77.8 Å². The van der Waals surface area contributed by atoms with E-state index in [1.807, 2.05) is 12.2 Å². The van der Waals surface area contributed by atoms with Crippen LogP contribution in [0.5, 0.6) is 0 Å². The standard InChI is InChI=1S/C11H13NO/c12-7-9-6-5-8-3-1-2-4-10(8)11(9)13/h1-2,4,7-8H,3,5-6,12H2. The van der Waals surface area contributed by atoms with Crippen LogP contribution >= 0.6 is 0 Å². The van der Waals surface area contributed by atoms with Gasteiger partial charge in [0.1, 0.15) is 0 Å². The predicted molar refractivity (Wildman–Crippen MR) is 51.8 cm³/mol. The Morgan fingerprint density at radius 3 is 3.15 bits per heavy atom. The van der Waals surface area contributed by atoms with E-state index in [1.165, 1.54) is 6.20 Å². The summed E-state index contributed by atoms with van der Waals surface area (Å²) < 4.78 is 0. The number of rotatable bonds is 0. The number of nitrogens with two attached hydrogens (primary N) is 1. The third kappa shape index (κ3) is 1.32. The van der Waals surface area contributed by atoms with Gasteiger partial charge in [-0.1, -0.05) is 18.2 Å². The molecule has 1 unspecified atom stereocenters. The normalized spacial score (nSPS) is 30.2. The third-order valence-electron chi connectivity index (χ3n) is 2.79. The average molecular weight is 175 g/mol. The first-order valence-electron chi connectivity index (χ1n) is 4.65. The van der Waals surface area contributed by atoms with Crippen LogP contribution in [-0.4, -0.2) is 5.78 Å². The summed E-state index contributed by atoms with van der Waals surface area (Å²) >= 11 is 0. The molecule has 0 aliphatic heterocycles. The van der Waals surface area contributed by atoms with Gasteiger partial charge in [0, 0.05) is 17.3 Å². The van der Waals surface area contributed by atoms with Gasteiger partial charge in [-0.3, -0.25) is 4.79 Å². The quantitative estimate of drug-likeness (QED) is 0.569. The molecule has 2 heteroatoms. The van der Waals surface area contributed by atoms with Gasteiger partial charge >= 0.3 is 0 Å². The highest BCUT2D eigenvalue weighted by atomic mass is 16.1. The largest absolute Gasteiger partial charge is 0.404 e. The second-order valence-electron chi connectivity index (χ2n) is 3.54. The van der Waals surface area contributed by atoms with Crippen molar-refractivity contribution in [1.82, 2.24) is 0 Å². The molecule has 2 rings (SSSR count). The molecule has 0 aromatic carbocycles. The van der Waals surface area contributed by atoms with E-state index in [4.69, 9.17) is 5.73 Å². The van der Waals surface area contributed by atoms with Gasteiger partial charge in [-0.25, -0.2) is 0 Å². The lowest BCUT2D eigenvalue weighted by molar-refractivity contribution is -0.113. The average Bonchev–Trinajstić information content (AvgIpc) is 2.19. The van der Waals surface area contributed by atoms with Gasteiger partial charge in [0.25, 0.3) is 0 Å². The molecule has 1 atom stereocenters. The van der Waals surface area contributed by atoms with Gasteiger partial charge in [0.2, 0.25) is 0 Å². The maximum atomic E-state index is 11.7. The first kappa shape index (κ1) is 8.30. The fraction of sp³-hybridized carbons (Fsp3) is 0.364. The van der Waals surface area contributed by atoms with Gasteiger partial charge in [-0.2, -0.15) is 0 Å². The second-order valence-corrected chi connectivity index (χ2v) is 3.54. The van der Waals surface area contributed by atoms with Crippen LogP contribution in [0.1, 0.15) is 19.3 Å². The van der Waals surface area contributed by atoms with Crippen molar-refractivity contribution >= 4 is 5.78 Å². The van der Waals surface area contributed by atoms with Gasteiger partial charge in [-0.05, 0) is 25.2 Å². The zero-order chi connectivity index (χ0) is 9.26. The number of carbonyl (C=O) groups is 1. The van der Waals surface area contributed by atoms with E-state index in [2.05, 4.69) is 6.08 Å². The molecule has 0 aromatic rings. The molecule has 1 saturated carbocycles. The molecule has 2 aliphatic rings. The lowest BCUT2D eigenvalue weighted by atomic mass is 9.77. The number of allylic oxidation sites excluding steroid dienone is 5. The van der Waals surface area contributed by atoms with Crippen LogP contribution in [-0.2, 0) is 4.79 Å². The highest BCUT2D eigenvalue weighted by molar-refractivity contribution is 6.09. The molecule has 0 radical (unpaired) electrons. The van der Waals surface area contributed by atoms with Crippen LogP contribution in [0.4, 0.5) is 0 Å². The van der Waals surface area contributed by atoms with Crippen LogP contribution in [0, 0.1) is 5.92 Å². The van der Waals surface area contributed by atoms with Crippen molar-refractivity contribution in [3.63, 3.8) is 0 Å². The maximum absolute atomic E-state index is 11.7. The minimum absolute atomic E-state index is 0.156. The van der Waals surface area contributed by atoms with Crippen LogP contribution in [0.15, 0.2) is 35.6 Å². The summed E-state index contributed by atoms with van der Waals surface area (Å²) in [7, 11) is 0. The van der Waals surface area contributed by atoms with E-state index in [-0.39, 0.29) is 5.78 Å². The molecule has 0 spiro atoms. The van der Waals surface area contributed by atoms with E-state index in [0.29, 0.717) is 5.92 Å². The Balaban J connectivity index is 2.32. The Hall–Kier alpha value is -1.31. The zero-order valence-electron chi connectivity index (χ0n) is 7.49. The topological polar surface area (TPSA) is 43.1 Å². The summed E-state index contributed by atoms with van der Waals surface area (Å²) in [5.74, 6) is 0.601. The molecule has 68 valence electrons. The number of fused-ring (bicyclic) bond motifs is 1. The van der Waals surface area contributed by atoms with Gasteiger partial charge in [-0.15, -0.1) is 0 Å². The van der Waals surface area contributed by atoms with Crippen LogP contribution < -0.4 is 5.73 Å². The molecule has 0 saturated heterocycles. The van der Waals surface area contributed by atoms with Crippen molar-refractivity contribution in [2.75, 3.05) is 0 Å².